The van der Waals surface area contributed by atoms with Crippen molar-refractivity contribution >= 4 is 33.9 Å². The van der Waals surface area contributed by atoms with Crippen molar-refractivity contribution in [2.24, 2.45) is 0 Å². The van der Waals surface area contributed by atoms with E-state index in [1.54, 1.807) is 23.1 Å². The molecule has 1 aromatic carbocycles. The average molecular weight is 289 g/mol. The van der Waals surface area contributed by atoms with E-state index in [-0.39, 0.29) is 0 Å². The van der Waals surface area contributed by atoms with Crippen LogP contribution >= 0.6 is 23.1 Å². The third kappa shape index (κ3) is 2.91. The molecule has 0 radical (unpaired) electrons. The molecule has 0 aliphatic heterocycles. The first kappa shape index (κ1) is 13.9. The fourth-order valence-corrected chi connectivity index (χ4v) is 3.33. The largest absolute Gasteiger partial charge is 0.330 e. The summed E-state index contributed by atoms with van der Waals surface area (Å²) in [6, 6.07) is 8.09. The van der Waals surface area contributed by atoms with E-state index in [9.17, 15) is 5.26 Å². The van der Waals surface area contributed by atoms with Crippen LogP contribution in [0.4, 0.5) is 10.8 Å². The molecule has 2 aromatic rings. The number of thioether (sulfide) groups is 1. The molecule has 2 rings (SSSR count). The molecule has 0 spiro atoms. The maximum Gasteiger partial charge on any atom is 0.187 e. The van der Waals surface area contributed by atoms with Crippen LogP contribution in [-0.2, 0) is 6.42 Å². The van der Waals surface area contributed by atoms with Crippen LogP contribution in [0.15, 0.2) is 23.1 Å². The van der Waals surface area contributed by atoms with Gasteiger partial charge in [0.15, 0.2) is 5.13 Å². The summed E-state index contributed by atoms with van der Waals surface area (Å²) >= 11 is 3.21. The molecule has 1 N–H and O–H groups in total. The normalized spacial score (nSPS) is 10.2. The van der Waals surface area contributed by atoms with Crippen molar-refractivity contribution in [1.82, 2.24) is 4.98 Å². The second-order valence-electron chi connectivity index (χ2n) is 4.00. The Hall–Kier alpha value is -1.51. The fourth-order valence-electron chi connectivity index (χ4n) is 1.85. The third-order valence-corrected chi connectivity index (χ3v) is 4.54. The Balaban J connectivity index is 2.35. The van der Waals surface area contributed by atoms with Crippen LogP contribution in [0.3, 0.4) is 0 Å². The van der Waals surface area contributed by atoms with E-state index in [1.807, 2.05) is 24.5 Å². The van der Waals surface area contributed by atoms with Crippen LogP contribution < -0.4 is 5.32 Å². The van der Waals surface area contributed by atoms with Crippen molar-refractivity contribution in [1.29, 1.82) is 5.26 Å². The molecule has 0 atom stereocenters. The Bertz CT molecular complexity index is 626. The second kappa shape index (κ2) is 6.09. The highest BCUT2D eigenvalue weighted by molar-refractivity contribution is 7.98. The van der Waals surface area contributed by atoms with Crippen LogP contribution in [0.5, 0.6) is 0 Å². The van der Waals surface area contributed by atoms with Gasteiger partial charge in [0.2, 0.25) is 0 Å². The lowest BCUT2D eigenvalue weighted by Gasteiger charge is -2.07. The van der Waals surface area contributed by atoms with Crippen LogP contribution in [-0.4, -0.2) is 11.2 Å². The number of thiazole rings is 1. The first-order valence-electron chi connectivity index (χ1n) is 6.00. The summed E-state index contributed by atoms with van der Waals surface area (Å²) in [5.74, 6) is 0. The predicted molar refractivity (Wildman–Crippen MR) is 82.4 cm³/mol. The minimum absolute atomic E-state index is 0.681. The number of hydrogen-bond donors (Lipinski definition) is 1. The van der Waals surface area contributed by atoms with Gasteiger partial charge in [-0.3, -0.25) is 0 Å². The number of rotatable bonds is 4. The van der Waals surface area contributed by atoms with Gasteiger partial charge in [0.05, 0.1) is 16.9 Å². The maximum atomic E-state index is 9.29. The summed E-state index contributed by atoms with van der Waals surface area (Å²) in [7, 11) is 0. The minimum Gasteiger partial charge on any atom is -0.330 e. The van der Waals surface area contributed by atoms with Crippen molar-refractivity contribution in [3.63, 3.8) is 0 Å². The topological polar surface area (TPSA) is 48.7 Å². The van der Waals surface area contributed by atoms with Crippen molar-refractivity contribution < 1.29 is 0 Å². The van der Waals surface area contributed by atoms with Crippen LogP contribution in [0.1, 0.15) is 23.1 Å². The molecule has 5 heteroatoms. The summed E-state index contributed by atoms with van der Waals surface area (Å²) in [5, 5.41) is 13.4. The Labute approximate surface area is 121 Å². The van der Waals surface area contributed by atoms with Crippen LogP contribution in [0.2, 0.25) is 0 Å². The molecular formula is C14H15N3S2. The monoisotopic (exact) mass is 289 g/mol. The molecule has 0 aliphatic carbocycles. The molecule has 3 nitrogen and oxygen atoms in total. The molecule has 1 aromatic heterocycles. The van der Waals surface area contributed by atoms with Crippen LogP contribution in [0.25, 0.3) is 0 Å². The highest BCUT2D eigenvalue weighted by Crippen LogP contribution is 2.31. The van der Waals surface area contributed by atoms with E-state index in [2.05, 4.69) is 30.2 Å². The van der Waals surface area contributed by atoms with Gasteiger partial charge in [0, 0.05) is 9.77 Å². The average Bonchev–Trinajstić information content (AvgIpc) is 2.78. The number of anilines is 2. The zero-order chi connectivity index (χ0) is 13.8. The minimum atomic E-state index is 0.681. The maximum absolute atomic E-state index is 9.29. The second-order valence-corrected chi connectivity index (χ2v) is 6.05. The predicted octanol–water partition coefficient (Wildman–Crippen LogP) is 4.35. The zero-order valence-electron chi connectivity index (χ0n) is 11.2. The van der Waals surface area contributed by atoms with Gasteiger partial charge < -0.3 is 5.32 Å². The van der Waals surface area contributed by atoms with Gasteiger partial charge in [-0.25, -0.2) is 4.98 Å². The van der Waals surface area contributed by atoms with Crippen molar-refractivity contribution in [2.75, 3.05) is 11.6 Å². The van der Waals surface area contributed by atoms with Crippen molar-refractivity contribution in [2.45, 2.75) is 25.2 Å². The summed E-state index contributed by atoms with van der Waals surface area (Å²) < 4.78 is 0. The lowest BCUT2D eigenvalue weighted by molar-refractivity contribution is 1.05. The van der Waals surface area contributed by atoms with Gasteiger partial charge in [-0.2, -0.15) is 5.26 Å². The Morgan fingerprint density at radius 1 is 1.47 bits per heavy atom. The van der Waals surface area contributed by atoms with E-state index in [0.29, 0.717) is 5.56 Å². The lowest BCUT2D eigenvalue weighted by atomic mass is 10.2. The fraction of sp³-hybridized carbons (Fsp3) is 0.286. The molecule has 1 heterocycles. The smallest absolute Gasteiger partial charge is 0.187 e. The van der Waals surface area contributed by atoms with Gasteiger partial charge in [0.25, 0.3) is 0 Å². The number of nitrogens with one attached hydrogen (secondary N) is 1. The number of aromatic nitrogens is 1. The van der Waals surface area contributed by atoms with E-state index in [4.69, 9.17) is 0 Å². The molecule has 98 valence electrons. The summed E-state index contributed by atoms with van der Waals surface area (Å²) in [5.41, 5.74) is 2.62. The van der Waals surface area contributed by atoms with Crippen molar-refractivity contribution in [3.05, 3.63) is 34.3 Å². The van der Waals surface area contributed by atoms with Gasteiger partial charge >= 0.3 is 0 Å². The van der Waals surface area contributed by atoms with E-state index >= 15 is 0 Å². The Morgan fingerprint density at radius 3 is 2.84 bits per heavy atom. The van der Waals surface area contributed by atoms with Gasteiger partial charge in [-0.1, -0.05) is 13.0 Å². The highest BCUT2D eigenvalue weighted by atomic mass is 32.2. The van der Waals surface area contributed by atoms with E-state index < -0.39 is 0 Å². The standard InChI is InChI=1S/C14H15N3S2/c1-4-11-9(2)19-14(16-11)17-12-6-5-7-13(18-3)10(12)8-15/h5-7H,4H2,1-3H3,(H,16,17). The molecular weight excluding hydrogens is 274 g/mol. The molecule has 0 aliphatic rings. The zero-order valence-corrected chi connectivity index (χ0v) is 12.8. The first-order chi connectivity index (χ1) is 9.19. The number of hydrogen-bond acceptors (Lipinski definition) is 5. The molecule has 0 saturated carbocycles. The Morgan fingerprint density at radius 2 is 2.26 bits per heavy atom. The molecule has 0 saturated heterocycles. The van der Waals surface area contributed by atoms with Gasteiger partial charge in [-0.05, 0) is 31.7 Å². The summed E-state index contributed by atoms with van der Waals surface area (Å²) in [4.78, 5) is 6.75. The molecule has 19 heavy (non-hydrogen) atoms. The van der Waals surface area contributed by atoms with E-state index in [1.165, 1.54) is 4.88 Å². The number of nitrogens with zero attached hydrogens (tertiary/aromatic N) is 2. The SMILES string of the molecule is CCc1nc(Nc2cccc(SC)c2C#N)sc1C. The van der Waals surface area contributed by atoms with Gasteiger partial charge in [-0.15, -0.1) is 23.1 Å². The van der Waals surface area contributed by atoms with E-state index in [0.717, 1.165) is 27.8 Å². The molecule has 0 amide bonds. The molecule has 0 fully saturated rings. The van der Waals surface area contributed by atoms with Crippen LogP contribution in [0, 0.1) is 18.3 Å². The lowest BCUT2D eigenvalue weighted by Crippen LogP contribution is -1.95. The van der Waals surface area contributed by atoms with Crippen molar-refractivity contribution in [3.8, 4) is 6.07 Å². The Kier molecular flexibility index (Phi) is 4.46. The number of benzene rings is 1. The quantitative estimate of drug-likeness (QED) is 0.850. The number of nitriles is 1. The molecule has 0 unspecified atom stereocenters. The first-order valence-corrected chi connectivity index (χ1v) is 8.04. The molecule has 0 bridgehead atoms. The highest BCUT2D eigenvalue weighted by Gasteiger charge is 2.10. The summed E-state index contributed by atoms with van der Waals surface area (Å²) in [6.45, 7) is 4.17. The van der Waals surface area contributed by atoms with Gasteiger partial charge in [0.1, 0.15) is 6.07 Å². The summed E-state index contributed by atoms with van der Waals surface area (Å²) in [6.07, 6.45) is 2.91. The third-order valence-electron chi connectivity index (χ3n) is 2.83. The number of aryl methyl sites for hydroxylation is 2.